The smallest absolute Gasteiger partial charge is 0.251 e. The van der Waals surface area contributed by atoms with E-state index in [-0.39, 0.29) is 11.5 Å². The molecule has 36 heavy (non-hydrogen) atoms. The number of benzene rings is 2. The maximum absolute atomic E-state index is 13.5. The van der Waals surface area contributed by atoms with E-state index in [1.165, 1.54) is 11.3 Å². The number of aromatic nitrogens is 4. The van der Waals surface area contributed by atoms with Gasteiger partial charge in [0, 0.05) is 41.5 Å². The van der Waals surface area contributed by atoms with Gasteiger partial charge < -0.3 is 10.4 Å². The first kappa shape index (κ1) is 22.7. The molecule has 1 aliphatic carbocycles. The van der Waals surface area contributed by atoms with E-state index in [2.05, 4.69) is 44.2 Å². The molecule has 0 radical (unpaired) electrons. The number of hydrogen-bond acceptors (Lipinski definition) is 4. The summed E-state index contributed by atoms with van der Waals surface area (Å²) in [5.74, 6) is -3.62. The molecule has 0 atom stereocenters. The Hall–Kier alpha value is -3.75. The molecule has 1 fully saturated rings. The van der Waals surface area contributed by atoms with Crippen LogP contribution in [-0.4, -0.2) is 37.1 Å². The third-order valence-electron chi connectivity index (χ3n) is 7.59. The van der Waals surface area contributed by atoms with Crippen molar-refractivity contribution in [2.75, 3.05) is 6.54 Å². The lowest BCUT2D eigenvalue weighted by Crippen LogP contribution is -2.31. The summed E-state index contributed by atoms with van der Waals surface area (Å²) < 4.78 is 31.3. The number of rotatable bonds is 5. The standard InChI is InChI=1S/C27H27F2N5O2/c28-22-10-19(11-23(29)26(22)35)27(36)30-13-16-3-7-20(8-4-16)34-15-18-6-5-17(12-24(18)32-34)21-14-31-33-9-1-2-25(21)33/h5-6,10-12,14-16,20,35H,1-4,7-9,13H2,(H,30,36). The Balaban J connectivity index is 1.08. The van der Waals surface area contributed by atoms with E-state index in [4.69, 9.17) is 5.10 Å². The zero-order chi connectivity index (χ0) is 24.8. The topological polar surface area (TPSA) is 85.0 Å². The largest absolute Gasteiger partial charge is 0.503 e. The van der Waals surface area contributed by atoms with Crippen molar-refractivity contribution in [2.24, 2.45) is 5.92 Å². The Kier molecular flexibility index (Phi) is 5.70. The molecular formula is C27H27F2N5O2. The fraction of sp³-hybridized carbons (Fsp3) is 0.370. The first-order valence-electron chi connectivity index (χ1n) is 12.5. The molecule has 9 heteroatoms. The number of carbonyl (C=O) groups excluding carboxylic acids is 1. The van der Waals surface area contributed by atoms with Crippen LogP contribution >= 0.6 is 0 Å². The fourth-order valence-electron chi connectivity index (χ4n) is 5.54. The zero-order valence-corrected chi connectivity index (χ0v) is 19.8. The first-order chi connectivity index (χ1) is 17.5. The molecule has 0 spiro atoms. The molecule has 0 unspecified atom stereocenters. The second-order valence-electron chi connectivity index (χ2n) is 9.89. The van der Waals surface area contributed by atoms with Crippen LogP contribution in [0, 0.1) is 17.6 Å². The van der Waals surface area contributed by atoms with E-state index in [0.717, 1.165) is 73.7 Å². The number of phenolic OH excluding ortho intramolecular Hbond substituents is 1. The van der Waals surface area contributed by atoms with Crippen molar-refractivity contribution >= 4 is 16.8 Å². The molecule has 0 saturated heterocycles. The number of hydrogen-bond donors (Lipinski definition) is 2. The number of halogens is 2. The van der Waals surface area contributed by atoms with Crippen LogP contribution in [0.3, 0.4) is 0 Å². The molecule has 186 valence electrons. The van der Waals surface area contributed by atoms with Crippen LogP contribution in [0.15, 0.2) is 42.7 Å². The predicted molar refractivity (Wildman–Crippen MR) is 131 cm³/mol. The average Bonchev–Trinajstić information content (AvgIpc) is 3.61. The van der Waals surface area contributed by atoms with E-state index in [1.54, 1.807) is 0 Å². The van der Waals surface area contributed by atoms with Crippen molar-refractivity contribution in [1.82, 2.24) is 24.9 Å². The predicted octanol–water partition coefficient (Wildman–Crippen LogP) is 4.99. The van der Waals surface area contributed by atoms with Gasteiger partial charge in [-0.2, -0.15) is 10.2 Å². The van der Waals surface area contributed by atoms with Crippen molar-refractivity contribution in [3.05, 3.63) is 65.6 Å². The minimum absolute atomic E-state index is 0.139. The van der Waals surface area contributed by atoms with Gasteiger partial charge in [0.15, 0.2) is 17.4 Å². The van der Waals surface area contributed by atoms with Crippen molar-refractivity contribution in [3.8, 4) is 16.9 Å². The van der Waals surface area contributed by atoms with E-state index in [1.807, 2.05) is 6.20 Å². The second kappa shape index (κ2) is 9.04. The summed E-state index contributed by atoms with van der Waals surface area (Å²) in [4.78, 5) is 12.3. The van der Waals surface area contributed by atoms with Crippen molar-refractivity contribution in [3.63, 3.8) is 0 Å². The number of fused-ring (bicyclic) bond motifs is 2. The summed E-state index contributed by atoms with van der Waals surface area (Å²) >= 11 is 0. The summed E-state index contributed by atoms with van der Waals surface area (Å²) in [6, 6.07) is 8.42. The third kappa shape index (κ3) is 4.12. The second-order valence-corrected chi connectivity index (χ2v) is 9.89. The van der Waals surface area contributed by atoms with Crippen LogP contribution in [0.5, 0.6) is 5.75 Å². The van der Waals surface area contributed by atoms with Gasteiger partial charge >= 0.3 is 0 Å². The van der Waals surface area contributed by atoms with Gasteiger partial charge in [-0.1, -0.05) is 12.1 Å². The first-order valence-corrected chi connectivity index (χ1v) is 12.5. The molecule has 2 aromatic carbocycles. The van der Waals surface area contributed by atoms with E-state index in [0.29, 0.717) is 12.6 Å². The van der Waals surface area contributed by atoms with Gasteiger partial charge in [0.05, 0.1) is 17.8 Å². The molecule has 7 nitrogen and oxygen atoms in total. The van der Waals surface area contributed by atoms with Crippen molar-refractivity contribution < 1.29 is 18.7 Å². The summed E-state index contributed by atoms with van der Waals surface area (Å²) in [6.07, 6.45) is 10.0. The minimum atomic E-state index is -1.14. The zero-order valence-electron chi connectivity index (χ0n) is 19.8. The number of nitrogens with zero attached hydrogens (tertiary/aromatic N) is 4. The SMILES string of the molecule is O=C(NCC1CCC(n2cc3ccc(-c4cnn5c4CCC5)cc3n2)CC1)c1cc(F)c(O)c(F)c1. The third-order valence-corrected chi connectivity index (χ3v) is 7.59. The fourth-order valence-corrected chi connectivity index (χ4v) is 5.54. The lowest BCUT2D eigenvalue weighted by atomic mass is 9.86. The van der Waals surface area contributed by atoms with Gasteiger partial charge in [0.1, 0.15) is 0 Å². The Morgan fingerprint density at radius 3 is 2.67 bits per heavy atom. The van der Waals surface area contributed by atoms with E-state index < -0.39 is 23.3 Å². The van der Waals surface area contributed by atoms with Crippen molar-refractivity contribution in [1.29, 1.82) is 0 Å². The van der Waals surface area contributed by atoms with Crippen molar-refractivity contribution in [2.45, 2.75) is 51.1 Å². The maximum Gasteiger partial charge on any atom is 0.251 e. The molecule has 2 N–H and O–H groups in total. The summed E-state index contributed by atoms with van der Waals surface area (Å²) in [7, 11) is 0. The molecule has 2 aliphatic rings. The minimum Gasteiger partial charge on any atom is -0.503 e. The monoisotopic (exact) mass is 491 g/mol. The molecular weight excluding hydrogens is 464 g/mol. The molecule has 0 bridgehead atoms. The lowest BCUT2D eigenvalue weighted by molar-refractivity contribution is 0.0940. The molecule has 2 aromatic heterocycles. The highest BCUT2D eigenvalue weighted by Gasteiger charge is 2.24. The number of aryl methyl sites for hydroxylation is 1. The maximum atomic E-state index is 13.5. The Morgan fingerprint density at radius 1 is 1.11 bits per heavy atom. The van der Waals surface area contributed by atoms with Gasteiger partial charge in [-0.15, -0.1) is 0 Å². The van der Waals surface area contributed by atoms with E-state index >= 15 is 0 Å². The molecule has 3 heterocycles. The summed E-state index contributed by atoms with van der Waals surface area (Å²) in [5.41, 5.74) is 4.50. The molecule has 1 saturated carbocycles. The van der Waals surface area contributed by atoms with Crippen LogP contribution in [0.4, 0.5) is 8.78 Å². The Labute approximate surface area is 206 Å². The van der Waals surface area contributed by atoms with Crippen LogP contribution in [0.25, 0.3) is 22.0 Å². The average molecular weight is 492 g/mol. The van der Waals surface area contributed by atoms with Crippen LogP contribution in [0.1, 0.15) is 54.2 Å². The molecule has 1 amide bonds. The van der Waals surface area contributed by atoms with Gasteiger partial charge in [-0.05, 0) is 68.2 Å². The lowest BCUT2D eigenvalue weighted by Gasteiger charge is -2.28. The highest BCUT2D eigenvalue weighted by Crippen LogP contribution is 2.34. The van der Waals surface area contributed by atoms with Crippen LogP contribution in [0.2, 0.25) is 0 Å². The molecule has 1 aliphatic heterocycles. The van der Waals surface area contributed by atoms with Gasteiger partial charge in [0.2, 0.25) is 0 Å². The number of phenols is 1. The highest BCUT2D eigenvalue weighted by molar-refractivity contribution is 5.94. The highest BCUT2D eigenvalue weighted by atomic mass is 19.1. The Bertz CT molecular complexity index is 1430. The van der Waals surface area contributed by atoms with Gasteiger partial charge in [-0.25, -0.2) is 8.78 Å². The van der Waals surface area contributed by atoms with Gasteiger partial charge in [0.25, 0.3) is 5.91 Å². The molecule has 6 rings (SSSR count). The number of aromatic hydroxyl groups is 1. The summed E-state index contributed by atoms with van der Waals surface area (Å²) in [6.45, 7) is 1.43. The quantitative estimate of drug-likeness (QED) is 0.412. The number of amides is 1. The normalized spacial score (nSPS) is 19.5. The Morgan fingerprint density at radius 2 is 1.89 bits per heavy atom. The van der Waals surface area contributed by atoms with Crippen LogP contribution in [-0.2, 0) is 13.0 Å². The van der Waals surface area contributed by atoms with Crippen LogP contribution < -0.4 is 5.32 Å². The number of carbonyl (C=O) groups is 1. The van der Waals surface area contributed by atoms with E-state index in [9.17, 15) is 18.7 Å². The van der Waals surface area contributed by atoms with Gasteiger partial charge in [-0.3, -0.25) is 14.2 Å². The summed E-state index contributed by atoms with van der Waals surface area (Å²) in [5, 5.41) is 22.5. The molecule has 4 aromatic rings. The number of nitrogens with one attached hydrogen (secondary N) is 1.